The summed E-state index contributed by atoms with van der Waals surface area (Å²) in [5.74, 6) is 0.0445. The second kappa shape index (κ2) is 7.57. The van der Waals surface area contributed by atoms with Gasteiger partial charge in [0.2, 0.25) is 6.33 Å². The van der Waals surface area contributed by atoms with Crippen LogP contribution in [-0.2, 0) is 23.5 Å². The minimum atomic E-state index is -2.01. The normalized spacial score (nSPS) is 12.9. The molecule has 0 N–H and O–H groups in total. The van der Waals surface area contributed by atoms with Gasteiger partial charge >= 0.3 is 0 Å². The van der Waals surface area contributed by atoms with Crippen molar-refractivity contribution in [2.45, 2.75) is 51.4 Å². The van der Waals surface area contributed by atoms with Gasteiger partial charge in [-0.3, -0.25) is 4.21 Å². The number of aryl methyl sites for hydroxylation is 1. The molecule has 0 fully saturated rings. The van der Waals surface area contributed by atoms with Crippen molar-refractivity contribution >= 4 is 11.1 Å². The highest BCUT2D eigenvalue weighted by atomic mass is 32.2. The van der Waals surface area contributed by atoms with Crippen LogP contribution in [0.3, 0.4) is 0 Å². The van der Waals surface area contributed by atoms with E-state index in [1.165, 1.54) is 25.7 Å². The molecule has 4 nitrogen and oxygen atoms in total. The van der Waals surface area contributed by atoms with Gasteiger partial charge in [0.15, 0.2) is 5.88 Å². The highest BCUT2D eigenvalue weighted by molar-refractivity contribution is 7.77. The van der Waals surface area contributed by atoms with E-state index >= 15 is 0 Å². The average Bonchev–Trinajstić information content (AvgIpc) is 2.64. The third-order valence-electron chi connectivity index (χ3n) is 2.52. The molecule has 0 radical (unpaired) electrons. The molecule has 0 saturated heterocycles. The second-order valence-electron chi connectivity index (χ2n) is 4.01. The van der Waals surface area contributed by atoms with E-state index in [2.05, 4.69) is 6.92 Å². The molecule has 0 bridgehead atoms. The van der Waals surface area contributed by atoms with E-state index in [9.17, 15) is 8.76 Å². The maximum absolute atomic E-state index is 10.5. The zero-order chi connectivity index (χ0) is 11.8. The summed E-state index contributed by atoms with van der Waals surface area (Å²) in [6.45, 7) is 3.18. The van der Waals surface area contributed by atoms with Gasteiger partial charge in [0.25, 0.3) is 0 Å². The first-order valence-electron chi connectivity index (χ1n) is 5.83. The van der Waals surface area contributed by atoms with Crippen LogP contribution in [0, 0.1) is 0 Å². The van der Waals surface area contributed by atoms with Crippen LogP contribution >= 0.6 is 0 Å². The first kappa shape index (κ1) is 13.4. The van der Waals surface area contributed by atoms with E-state index < -0.39 is 11.1 Å². The summed E-state index contributed by atoms with van der Waals surface area (Å²) in [5, 5.41) is 0. The molecular weight excluding hydrogens is 224 g/mol. The predicted molar refractivity (Wildman–Crippen MR) is 62.3 cm³/mol. The lowest BCUT2D eigenvalue weighted by Gasteiger charge is -2.00. The Bertz CT molecular complexity index is 326. The lowest BCUT2D eigenvalue weighted by atomic mass is 10.1. The van der Waals surface area contributed by atoms with Crippen molar-refractivity contribution in [2.75, 3.05) is 0 Å². The fraction of sp³-hybridized carbons (Fsp3) is 0.727. The molecule has 0 aromatic carbocycles. The van der Waals surface area contributed by atoms with Gasteiger partial charge in [0, 0.05) is 0 Å². The van der Waals surface area contributed by atoms with E-state index in [0.29, 0.717) is 0 Å². The van der Waals surface area contributed by atoms with Crippen LogP contribution in [0.2, 0.25) is 0 Å². The molecule has 92 valence electrons. The third-order valence-corrected chi connectivity index (χ3v) is 3.03. The molecule has 0 spiro atoms. The van der Waals surface area contributed by atoms with Gasteiger partial charge in [-0.2, -0.15) is 0 Å². The Morgan fingerprint density at radius 3 is 2.75 bits per heavy atom. The van der Waals surface area contributed by atoms with Crippen LogP contribution in [0.4, 0.5) is 0 Å². The average molecular weight is 244 g/mol. The van der Waals surface area contributed by atoms with Crippen LogP contribution < -0.4 is 4.57 Å². The number of unbranched alkanes of at least 4 members (excludes halogenated alkanes) is 4. The van der Waals surface area contributed by atoms with E-state index in [1.807, 2.05) is 17.1 Å². The Labute approximate surface area is 99.6 Å². The molecule has 1 rings (SSSR count). The Morgan fingerprint density at radius 2 is 2.06 bits per heavy atom. The van der Waals surface area contributed by atoms with E-state index in [1.54, 1.807) is 10.8 Å². The molecule has 0 aliphatic carbocycles. The molecule has 1 heterocycles. The van der Waals surface area contributed by atoms with Crippen LogP contribution in [0.25, 0.3) is 0 Å². The Balaban J connectivity index is 2.21. The molecule has 1 atom stereocenters. The van der Waals surface area contributed by atoms with Gasteiger partial charge < -0.3 is 4.55 Å². The number of hydrogen-bond acceptors (Lipinski definition) is 2. The zero-order valence-electron chi connectivity index (χ0n) is 9.80. The van der Waals surface area contributed by atoms with Gasteiger partial charge in [0.05, 0.1) is 6.54 Å². The predicted octanol–water partition coefficient (Wildman–Crippen LogP) is 1.58. The quantitative estimate of drug-likeness (QED) is 0.396. The zero-order valence-corrected chi connectivity index (χ0v) is 10.6. The molecule has 1 aromatic rings. The molecule has 5 heteroatoms. The Morgan fingerprint density at radius 1 is 1.31 bits per heavy atom. The van der Waals surface area contributed by atoms with Gasteiger partial charge in [-0.25, -0.2) is 9.13 Å². The van der Waals surface area contributed by atoms with Gasteiger partial charge in [0.1, 0.15) is 12.4 Å². The van der Waals surface area contributed by atoms with Crippen molar-refractivity contribution in [3.05, 3.63) is 18.7 Å². The van der Waals surface area contributed by atoms with E-state index in [4.69, 9.17) is 0 Å². The first-order chi connectivity index (χ1) is 7.72. The lowest BCUT2D eigenvalue weighted by Crippen LogP contribution is -2.33. The molecule has 0 aliphatic heterocycles. The standard InChI is InChI=1S/C11H20N2O2S/c1-2-3-4-5-6-7-12-8-9-13(10-12)11-16(14)15/h8-10H,2-7,11H2,1H3. The van der Waals surface area contributed by atoms with Crippen LogP contribution in [0.5, 0.6) is 0 Å². The first-order valence-corrected chi connectivity index (χ1v) is 7.07. The Hall–Kier alpha value is -0.680. The molecule has 0 amide bonds. The Kier molecular flexibility index (Phi) is 6.33. The topological polar surface area (TPSA) is 48.9 Å². The highest BCUT2D eigenvalue weighted by Gasteiger charge is 2.02. The number of hydrogen-bond donors (Lipinski definition) is 0. The minimum Gasteiger partial charge on any atom is -0.769 e. The SMILES string of the molecule is CCCCCCCn1cc[n+](CS(=O)[O-])c1. The van der Waals surface area contributed by atoms with Crippen molar-refractivity contribution in [1.82, 2.24) is 4.57 Å². The number of imidazole rings is 1. The third kappa shape index (κ3) is 5.42. The molecule has 1 aromatic heterocycles. The molecule has 0 saturated carbocycles. The van der Waals surface area contributed by atoms with E-state index in [-0.39, 0.29) is 5.88 Å². The minimum absolute atomic E-state index is 0.0445. The summed E-state index contributed by atoms with van der Waals surface area (Å²) in [6, 6.07) is 0. The number of aromatic nitrogens is 2. The molecular formula is C11H20N2O2S. The van der Waals surface area contributed by atoms with Crippen LogP contribution in [0.15, 0.2) is 18.7 Å². The fourth-order valence-electron chi connectivity index (χ4n) is 1.67. The summed E-state index contributed by atoms with van der Waals surface area (Å²) < 4.78 is 24.7. The highest BCUT2D eigenvalue weighted by Crippen LogP contribution is 2.03. The second-order valence-corrected chi connectivity index (χ2v) is 4.88. The van der Waals surface area contributed by atoms with Gasteiger partial charge in [-0.15, -0.1) is 0 Å². The lowest BCUT2D eigenvalue weighted by molar-refractivity contribution is -0.676. The maximum atomic E-state index is 10.5. The largest absolute Gasteiger partial charge is 0.769 e. The summed E-state index contributed by atoms with van der Waals surface area (Å²) in [7, 11) is 0. The van der Waals surface area contributed by atoms with Crippen LogP contribution in [-0.4, -0.2) is 13.3 Å². The summed E-state index contributed by atoms with van der Waals surface area (Å²) in [5.41, 5.74) is 0. The van der Waals surface area contributed by atoms with Crippen molar-refractivity contribution < 1.29 is 13.3 Å². The van der Waals surface area contributed by atoms with Gasteiger partial charge in [-0.05, 0) is 23.9 Å². The monoisotopic (exact) mass is 244 g/mol. The van der Waals surface area contributed by atoms with Gasteiger partial charge in [-0.1, -0.05) is 26.2 Å². The molecule has 0 aliphatic rings. The van der Waals surface area contributed by atoms with Crippen molar-refractivity contribution in [3.63, 3.8) is 0 Å². The van der Waals surface area contributed by atoms with E-state index in [0.717, 1.165) is 13.0 Å². The molecule has 1 unspecified atom stereocenters. The molecule has 16 heavy (non-hydrogen) atoms. The van der Waals surface area contributed by atoms with Crippen molar-refractivity contribution in [3.8, 4) is 0 Å². The number of rotatable bonds is 8. The van der Waals surface area contributed by atoms with Crippen molar-refractivity contribution in [2.24, 2.45) is 0 Å². The number of nitrogens with zero attached hydrogens (tertiary/aromatic N) is 2. The fourth-order valence-corrected chi connectivity index (χ4v) is 2.06. The maximum Gasteiger partial charge on any atom is 0.244 e. The summed E-state index contributed by atoms with van der Waals surface area (Å²) in [6.07, 6.45) is 11.8. The smallest absolute Gasteiger partial charge is 0.244 e. The summed E-state index contributed by atoms with van der Waals surface area (Å²) in [4.78, 5) is 0. The summed E-state index contributed by atoms with van der Waals surface area (Å²) >= 11 is -2.01. The van der Waals surface area contributed by atoms with Crippen LogP contribution in [0.1, 0.15) is 39.0 Å². The van der Waals surface area contributed by atoms with Crippen molar-refractivity contribution in [1.29, 1.82) is 0 Å².